The van der Waals surface area contributed by atoms with Crippen LogP contribution in [0.1, 0.15) is 54.4 Å². The van der Waals surface area contributed by atoms with Gasteiger partial charge in [0.2, 0.25) is 0 Å². The third kappa shape index (κ3) is 7.21. The van der Waals surface area contributed by atoms with Crippen LogP contribution in [0.2, 0.25) is 0 Å². The molecule has 206 valence electrons. The topological polar surface area (TPSA) is 89.5 Å². The Morgan fingerprint density at radius 2 is 1.84 bits per heavy atom. The van der Waals surface area contributed by atoms with Gasteiger partial charge in [0, 0.05) is 37.7 Å². The highest BCUT2D eigenvalue weighted by Crippen LogP contribution is 2.42. The van der Waals surface area contributed by atoms with Crippen LogP contribution < -0.4 is 5.32 Å². The SMILES string of the molecule is C=CCOC(=O)NCc1ccc([C@@H]2O[C@H](CN3CCC[C@H]3COC)[C@H](C)[C@H](c3ccc(CO)cc3)O2)cc1. The molecule has 0 aliphatic carbocycles. The quantitative estimate of drug-likeness (QED) is 0.419. The number of benzene rings is 2. The predicted octanol–water partition coefficient (Wildman–Crippen LogP) is 4.49. The van der Waals surface area contributed by atoms with Crippen LogP contribution in [0.3, 0.4) is 0 Å². The Balaban J connectivity index is 1.50. The van der Waals surface area contributed by atoms with Crippen molar-refractivity contribution in [2.45, 2.75) is 57.5 Å². The second kappa shape index (κ2) is 13.9. The van der Waals surface area contributed by atoms with Crippen molar-refractivity contribution in [3.63, 3.8) is 0 Å². The van der Waals surface area contributed by atoms with Gasteiger partial charge in [-0.2, -0.15) is 0 Å². The van der Waals surface area contributed by atoms with E-state index in [1.807, 2.05) is 48.5 Å². The molecule has 8 nitrogen and oxygen atoms in total. The molecule has 2 aromatic rings. The lowest BCUT2D eigenvalue weighted by Crippen LogP contribution is -2.46. The van der Waals surface area contributed by atoms with Gasteiger partial charge in [-0.25, -0.2) is 4.79 Å². The van der Waals surface area contributed by atoms with E-state index in [4.69, 9.17) is 18.9 Å². The van der Waals surface area contributed by atoms with Gasteiger partial charge >= 0.3 is 6.09 Å². The summed E-state index contributed by atoms with van der Waals surface area (Å²) in [5, 5.41) is 12.2. The van der Waals surface area contributed by atoms with E-state index >= 15 is 0 Å². The van der Waals surface area contributed by atoms with Gasteiger partial charge in [0.25, 0.3) is 0 Å². The maximum Gasteiger partial charge on any atom is 0.407 e. The van der Waals surface area contributed by atoms with E-state index < -0.39 is 12.4 Å². The van der Waals surface area contributed by atoms with Gasteiger partial charge < -0.3 is 29.4 Å². The fourth-order valence-corrected chi connectivity index (χ4v) is 5.23. The summed E-state index contributed by atoms with van der Waals surface area (Å²) >= 11 is 0. The molecule has 2 fully saturated rings. The minimum atomic E-state index is -0.526. The van der Waals surface area contributed by atoms with E-state index in [0.717, 1.165) is 54.8 Å². The number of ether oxygens (including phenoxy) is 4. The number of hydrogen-bond acceptors (Lipinski definition) is 7. The molecule has 1 amide bonds. The highest BCUT2D eigenvalue weighted by Gasteiger charge is 2.40. The molecule has 2 saturated heterocycles. The summed E-state index contributed by atoms with van der Waals surface area (Å²) in [4.78, 5) is 14.2. The number of amides is 1. The molecule has 5 atom stereocenters. The van der Waals surface area contributed by atoms with Crippen molar-refractivity contribution in [1.82, 2.24) is 10.2 Å². The second-order valence-electron chi connectivity index (χ2n) is 10.1. The first-order valence-corrected chi connectivity index (χ1v) is 13.4. The molecule has 0 spiro atoms. The molecule has 0 aromatic heterocycles. The number of carbonyl (C=O) groups excluding carboxylic acids is 1. The summed E-state index contributed by atoms with van der Waals surface area (Å²) in [6.45, 7) is 8.86. The van der Waals surface area contributed by atoms with Crippen molar-refractivity contribution in [3.8, 4) is 0 Å². The average molecular weight is 525 g/mol. The summed E-state index contributed by atoms with van der Waals surface area (Å²) in [6, 6.07) is 16.3. The third-order valence-corrected chi connectivity index (χ3v) is 7.42. The smallest absolute Gasteiger partial charge is 0.407 e. The molecule has 2 heterocycles. The van der Waals surface area contributed by atoms with Gasteiger partial charge in [-0.1, -0.05) is 68.1 Å². The standard InChI is InChI=1S/C30H40N2O6/c1-4-16-36-30(34)31-17-22-7-13-25(14-8-22)29-37-27(18-32-15-5-6-26(32)20-35-3)21(2)28(38-29)24-11-9-23(19-33)10-12-24/h4,7-14,21,26-29,33H,1,5-6,15-20H2,2-3H3,(H,31,34)/t21-,26-,27+,28+,29+/m0/s1. The summed E-state index contributed by atoms with van der Waals surface area (Å²) in [7, 11) is 1.76. The van der Waals surface area contributed by atoms with Crippen LogP contribution in [0.4, 0.5) is 4.79 Å². The zero-order chi connectivity index (χ0) is 26.9. The number of likely N-dealkylation sites (tertiary alicyclic amines) is 1. The summed E-state index contributed by atoms with van der Waals surface area (Å²) in [5.74, 6) is 0.125. The molecule has 2 N–H and O–H groups in total. The first-order chi connectivity index (χ1) is 18.5. The second-order valence-corrected chi connectivity index (χ2v) is 10.1. The number of aliphatic hydroxyl groups is 1. The van der Waals surface area contributed by atoms with Crippen LogP contribution in [-0.2, 0) is 32.1 Å². The van der Waals surface area contributed by atoms with Crippen LogP contribution in [0.25, 0.3) is 0 Å². The van der Waals surface area contributed by atoms with Crippen LogP contribution in [0.15, 0.2) is 61.2 Å². The fourth-order valence-electron chi connectivity index (χ4n) is 5.23. The number of alkyl carbamates (subject to hydrolysis) is 1. The van der Waals surface area contributed by atoms with E-state index in [9.17, 15) is 9.90 Å². The molecule has 2 aromatic carbocycles. The summed E-state index contributed by atoms with van der Waals surface area (Å²) < 4.78 is 23.6. The Bertz CT molecular complexity index is 1030. The largest absolute Gasteiger partial charge is 0.445 e. The maximum absolute atomic E-state index is 11.7. The van der Waals surface area contributed by atoms with E-state index in [1.165, 1.54) is 6.08 Å². The zero-order valence-electron chi connectivity index (χ0n) is 22.4. The lowest BCUT2D eigenvalue weighted by Gasteiger charge is -2.43. The molecule has 2 aliphatic heterocycles. The summed E-state index contributed by atoms with van der Waals surface area (Å²) in [5.41, 5.74) is 3.81. The number of nitrogens with zero attached hydrogens (tertiary/aromatic N) is 1. The van der Waals surface area contributed by atoms with E-state index in [1.54, 1.807) is 7.11 Å². The van der Waals surface area contributed by atoms with Crippen molar-refractivity contribution >= 4 is 6.09 Å². The number of hydrogen-bond donors (Lipinski definition) is 2. The van der Waals surface area contributed by atoms with Crippen molar-refractivity contribution in [2.75, 3.05) is 33.4 Å². The Kier molecular flexibility index (Phi) is 10.3. The van der Waals surface area contributed by atoms with E-state index in [0.29, 0.717) is 12.6 Å². The highest BCUT2D eigenvalue weighted by atomic mass is 16.7. The lowest BCUT2D eigenvalue weighted by atomic mass is 9.90. The Hall–Kier alpha value is -2.75. The molecule has 0 unspecified atom stereocenters. The molecule has 4 rings (SSSR count). The number of aliphatic hydroxyl groups excluding tert-OH is 1. The van der Waals surface area contributed by atoms with Gasteiger partial charge in [-0.3, -0.25) is 4.90 Å². The van der Waals surface area contributed by atoms with E-state index in [2.05, 4.69) is 23.7 Å². The number of nitrogens with one attached hydrogen (secondary N) is 1. The molecule has 8 heteroatoms. The molecular formula is C30H40N2O6. The zero-order valence-corrected chi connectivity index (χ0v) is 22.4. The first kappa shape index (κ1) is 28.3. The highest BCUT2D eigenvalue weighted by molar-refractivity contribution is 5.67. The van der Waals surface area contributed by atoms with Crippen molar-refractivity contribution in [2.24, 2.45) is 5.92 Å². The van der Waals surface area contributed by atoms with Crippen LogP contribution in [0.5, 0.6) is 0 Å². The number of carbonyl (C=O) groups is 1. The molecule has 38 heavy (non-hydrogen) atoms. The van der Waals surface area contributed by atoms with Gasteiger partial charge in [0.1, 0.15) is 6.61 Å². The predicted molar refractivity (Wildman–Crippen MR) is 144 cm³/mol. The minimum absolute atomic E-state index is 0.0126. The lowest BCUT2D eigenvalue weighted by molar-refractivity contribution is -0.276. The van der Waals surface area contributed by atoms with Crippen LogP contribution in [0, 0.1) is 5.92 Å². The molecule has 0 bridgehead atoms. The molecule has 2 aliphatic rings. The van der Waals surface area contributed by atoms with Crippen molar-refractivity contribution < 1.29 is 28.8 Å². The molecular weight excluding hydrogens is 484 g/mol. The van der Waals surface area contributed by atoms with Gasteiger partial charge in [0.15, 0.2) is 6.29 Å². The number of rotatable bonds is 11. The van der Waals surface area contributed by atoms with Crippen LogP contribution in [-0.4, -0.2) is 61.7 Å². The van der Waals surface area contributed by atoms with Crippen molar-refractivity contribution in [1.29, 1.82) is 0 Å². The summed E-state index contributed by atoms with van der Waals surface area (Å²) in [6.07, 6.45) is 2.64. The Labute approximate surface area is 225 Å². The average Bonchev–Trinajstić information content (AvgIpc) is 3.39. The Morgan fingerprint density at radius 3 is 2.53 bits per heavy atom. The normalized spacial score (nSPS) is 25.7. The fraction of sp³-hybridized carbons (Fsp3) is 0.500. The van der Waals surface area contributed by atoms with E-state index in [-0.39, 0.29) is 31.3 Å². The van der Waals surface area contributed by atoms with Gasteiger partial charge in [-0.15, -0.1) is 0 Å². The van der Waals surface area contributed by atoms with Gasteiger partial charge in [0.05, 0.1) is 25.4 Å². The number of methoxy groups -OCH3 is 1. The molecule has 0 saturated carbocycles. The monoisotopic (exact) mass is 524 g/mol. The third-order valence-electron chi connectivity index (χ3n) is 7.42. The van der Waals surface area contributed by atoms with Crippen LogP contribution >= 0.6 is 0 Å². The van der Waals surface area contributed by atoms with Crippen molar-refractivity contribution in [3.05, 3.63) is 83.4 Å². The molecule has 0 radical (unpaired) electrons. The minimum Gasteiger partial charge on any atom is -0.445 e. The Morgan fingerprint density at radius 1 is 1.13 bits per heavy atom. The first-order valence-electron chi connectivity index (χ1n) is 13.4. The maximum atomic E-state index is 11.7. The van der Waals surface area contributed by atoms with Gasteiger partial charge in [-0.05, 0) is 36.1 Å².